The van der Waals surface area contributed by atoms with Gasteiger partial charge in [0.15, 0.2) is 5.82 Å². The third-order valence-electron chi connectivity index (χ3n) is 5.87. The molecule has 9 nitrogen and oxygen atoms in total. The fourth-order valence-electron chi connectivity index (χ4n) is 3.88. The maximum absolute atomic E-state index is 12.4. The molecule has 11 heteroatoms. The van der Waals surface area contributed by atoms with Gasteiger partial charge in [0.1, 0.15) is 29.6 Å². The van der Waals surface area contributed by atoms with Gasteiger partial charge in [-0.15, -0.1) is 23.7 Å². The average Bonchev–Trinajstić information content (AvgIpc) is 3.55. The lowest BCUT2D eigenvalue weighted by atomic mass is 10.1. The van der Waals surface area contributed by atoms with E-state index < -0.39 is 11.8 Å². The van der Waals surface area contributed by atoms with E-state index in [2.05, 4.69) is 20.5 Å². The first-order valence-electron chi connectivity index (χ1n) is 11.4. The van der Waals surface area contributed by atoms with Gasteiger partial charge in [0.2, 0.25) is 5.71 Å². The van der Waals surface area contributed by atoms with Crippen LogP contribution in [0.2, 0.25) is 0 Å². The number of likely N-dealkylation sites (N-methyl/N-ethyl adjacent to an activating group) is 1. The summed E-state index contributed by atoms with van der Waals surface area (Å²) in [6, 6.07) is 11.5. The Bertz CT molecular complexity index is 1490. The van der Waals surface area contributed by atoms with Crippen LogP contribution >= 0.6 is 23.7 Å². The fraction of sp³-hybridized carbons (Fsp3) is 0.231. The number of aromatic nitrogens is 2. The second-order valence-electron chi connectivity index (χ2n) is 8.69. The summed E-state index contributed by atoms with van der Waals surface area (Å²) in [5.74, 6) is 1.36. The fourth-order valence-corrected chi connectivity index (χ4v) is 4.54. The van der Waals surface area contributed by atoms with Crippen LogP contribution in [0.1, 0.15) is 12.5 Å². The third-order valence-corrected chi connectivity index (χ3v) is 6.73. The number of carbonyl (C=O) groups is 2. The lowest BCUT2D eigenvalue weighted by Gasteiger charge is -2.11. The molecular weight excluding hydrogens is 514 g/mol. The molecule has 2 amide bonds. The van der Waals surface area contributed by atoms with Crippen molar-refractivity contribution in [3.63, 3.8) is 0 Å². The highest BCUT2D eigenvalue weighted by Crippen LogP contribution is 2.38. The molecule has 0 fully saturated rings. The number of amides is 2. The Hall–Kier alpha value is -3.73. The van der Waals surface area contributed by atoms with E-state index >= 15 is 0 Å². The number of nitrogens with zero attached hydrogens (tertiary/aromatic N) is 3. The van der Waals surface area contributed by atoms with Gasteiger partial charge in [-0.25, -0.2) is 4.98 Å². The number of hydrogen-bond donors (Lipinski definition) is 2. The molecule has 4 heterocycles. The van der Waals surface area contributed by atoms with Gasteiger partial charge < -0.3 is 19.4 Å². The summed E-state index contributed by atoms with van der Waals surface area (Å²) in [7, 11) is 4.00. The minimum Gasteiger partial charge on any atom is -0.492 e. The van der Waals surface area contributed by atoms with E-state index in [-0.39, 0.29) is 18.1 Å². The van der Waals surface area contributed by atoms with Crippen molar-refractivity contribution in [2.75, 3.05) is 32.6 Å². The molecule has 0 unspecified atom stereocenters. The molecule has 1 aromatic carbocycles. The van der Waals surface area contributed by atoms with Gasteiger partial charge in [-0.05, 0) is 63.7 Å². The molecule has 2 N–H and O–H groups in total. The molecule has 1 aliphatic rings. The van der Waals surface area contributed by atoms with Crippen molar-refractivity contribution in [3.05, 3.63) is 58.6 Å². The van der Waals surface area contributed by atoms with Gasteiger partial charge in [0.05, 0.1) is 10.3 Å². The van der Waals surface area contributed by atoms with Gasteiger partial charge in [-0.3, -0.25) is 14.9 Å². The van der Waals surface area contributed by atoms with E-state index in [1.165, 1.54) is 11.3 Å². The van der Waals surface area contributed by atoms with Crippen molar-refractivity contribution in [1.29, 1.82) is 0 Å². The third kappa shape index (κ3) is 5.22. The van der Waals surface area contributed by atoms with Crippen molar-refractivity contribution in [1.82, 2.24) is 20.2 Å². The number of aryl methyl sites for hydroxylation is 1. The number of ether oxygens (including phenoxy) is 1. The van der Waals surface area contributed by atoms with Gasteiger partial charge >= 0.3 is 0 Å². The molecule has 5 rings (SSSR count). The molecule has 0 saturated heterocycles. The molecule has 37 heavy (non-hydrogen) atoms. The zero-order valence-corrected chi connectivity index (χ0v) is 22.4. The molecule has 0 spiro atoms. The van der Waals surface area contributed by atoms with Crippen LogP contribution in [0.3, 0.4) is 0 Å². The molecule has 192 valence electrons. The molecule has 0 aliphatic carbocycles. The molecule has 4 aromatic rings. The number of fused-ring (bicyclic) bond motifs is 1. The van der Waals surface area contributed by atoms with E-state index in [4.69, 9.17) is 14.1 Å². The maximum Gasteiger partial charge on any atom is 0.275 e. The summed E-state index contributed by atoms with van der Waals surface area (Å²) < 4.78 is 12.0. The lowest BCUT2D eigenvalue weighted by molar-refractivity contribution is -0.124. The lowest BCUT2D eigenvalue weighted by Crippen LogP contribution is -2.24. The largest absolute Gasteiger partial charge is 0.492 e. The van der Waals surface area contributed by atoms with Crippen LogP contribution in [0, 0.1) is 6.92 Å². The Balaban J connectivity index is 0.00000320. The molecule has 0 bridgehead atoms. The Morgan fingerprint density at radius 2 is 1.84 bits per heavy atom. The number of nitrogens with one attached hydrogen (secondary N) is 2. The van der Waals surface area contributed by atoms with Crippen molar-refractivity contribution in [2.24, 2.45) is 0 Å². The second-order valence-corrected chi connectivity index (χ2v) is 9.64. The summed E-state index contributed by atoms with van der Waals surface area (Å²) in [5.41, 5.74) is 2.53. The van der Waals surface area contributed by atoms with Crippen LogP contribution in [-0.2, 0) is 9.59 Å². The van der Waals surface area contributed by atoms with Gasteiger partial charge in [0, 0.05) is 23.2 Å². The highest BCUT2D eigenvalue weighted by Gasteiger charge is 2.29. The smallest absolute Gasteiger partial charge is 0.275 e. The molecule has 0 radical (unpaired) electrons. The zero-order valence-electron chi connectivity index (χ0n) is 20.7. The standard InChI is InChI=1S/C26H25N5O4S.ClH/c1-14-19-23(27-20-15(2)24(32)30-25(20)33)28-22(18-6-5-13-36-18)29-26(19)35-21(14)16-7-9-17(10-8-16)34-12-11-31(3)4;/h5-10,13H,11-12H2,1-4H3,(H2,27,28,29,30,32,33);1H. The van der Waals surface area contributed by atoms with Gasteiger partial charge in [-0.2, -0.15) is 4.98 Å². The van der Waals surface area contributed by atoms with Crippen LogP contribution in [0.5, 0.6) is 5.75 Å². The summed E-state index contributed by atoms with van der Waals surface area (Å²) in [5, 5.41) is 7.96. The van der Waals surface area contributed by atoms with E-state index in [9.17, 15) is 9.59 Å². The number of hydrogen-bond acceptors (Lipinski definition) is 9. The van der Waals surface area contributed by atoms with Gasteiger partial charge in [0.25, 0.3) is 11.8 Å². The first-order valence-corrected chi connectivity index (χ1v) is 12.3. The Morgan fingerprint density at radius 1 is 1.08 bits per heavy atom. The Labute approximate surface area is 224 Å². The van der Waals surface area contributed by atoms with Crippen molar-refractivity contribution in [3.8, 4) is 27.8 Å². The second kappa shape index (κ2) is 10.7. The van der Waals surface area contributed by atoms with Crippen molar-refractivity contribution < 1.29 is 18.7 Å². The number of benzene rings is 1. The highest BCUT2D eigenvalue weighted by molar-refractivity contribution is 7.13. The first kappa shape index (κ1) is 26.3. The predicted molar refractivity (Wildman–Crippen MR) is 146 cm³/mol. The van der Waals surface area contributed by atoms with Crippen LogP contribution in [0.25, 0.3) is 33.1 Å². The van der Waals surface area contributed by atoms with Crippen LogP contribution in [-0.4, -0.2) is 53.9 Å². The van der Waals surface area contributed by atoms with Crippen molar-refractivity contribution >= 4 is 52.5 Å². The number of anilines is 1. The summed E-state index contributed by atoms with van der Waals surface area (Å²) in [4.78, 5) is 36.7. The summed E-state index contributed by atoms with van der Waals surface area (Å²) in [6.07, 6.45) is 0. The van der Waals surface area contributed by atoms with E-state index in [0.29, 0.717) is 40.7 Å². The molecular formula is C26H26ClN5O4S. The average molecular weight is 540 g/mol. The number of halogens is 1. The monoisotopic (exact) mass is 539 g/mol. The quantitative estimate of drug-likeness (QED) is 0.312. The Morgan fingerprint density at radius 3 is 2.46 bits per heavy atom. The van der Waals surface area contributed by atoms with Crippen LogP contribution in [0.15, 0.2) is 57.5 Å². The molecule has 1 aliphatic heterocycles. The number of imide groups is 1. The molecule has 0 atom stereocenters. The Kier molecular flexibility index (Phi) is 7.63. The number of rotatable bonds is 8. The minimum absolute atomic E-state index is 0. The highest BCUT2D eigenvalue weighted by atomic mass is 35.5. The van der Waals surface area contributed by atoms with Crippen LogP contribution in [0.4, 0.5) is 5.82 Å². The zero-order chi connectivity index (χ0) is 25.4. The minimum atomic E-state index is -0.492. The number of carbonyl (C=O) groups excluding carboxylic acids is 2. The first-order chi connectivity index (χ1) is 17.3. The maximum atomic E-state index is 12.4. The SMILES string of the molecule is CC1=C(Nc2nc(-c3cccs3)nc3oc(-c4ccc(OCCN(C)C)cc4)c(C)c23)C(=O)NC1=O.Cl. The summed E-state index contributed by atoms with van der Waals surface area (Å²) >= 11 is 1.50. The molecule has 0 saturated carbocycles. The van der Waals surface area contributed by atoms with Crippen LogP contribution < -0.4 is 15.4 Å². The van der Waals surface area contributed by atoms with Crippen molar-refractivity contribution in [2.45, 2.75) is 13.8 Å². The van der Waals surface area contributed by atoms with E-state index in [1.807, 2.05) is 62.8 Å². The topological polar surface area (TPSA) is 110 Å². The van der Waals surface area contributed by atoms with Gasteiger partial charge in [-0.1, -0.05) is 6.07 Å². The predicted octanol–water partition coefficient (Wildman–Crippen LogP) is 4.63. The van der Waals surface area contributed by atoms with E-state index in [1.54, 1.807) is 6.92 Å². The number of thiophene rings is 1. The summed E-state index contributed by atoms with van der Waals surface area (Å²) in [6.45, 7) is 4.93. The molecule has 3 aromatic heterocycles. The normalized spacial score (nSPS) is 13.3. The van der Waals surface area contributed by atoms with E-state index in [0.717, 1.165) is 28.3 Å². The number of furan rings is 1.